The molecule has 0 N–H and O–H groups in total. The molecular weight excluding hydrogens is 215 g/mol. The summed E-state index contributed by atoms with van der Waals surface area (Å²) in [5.74, 6) is 0.679. The maximum Gasteiger partial charge on any atom is 0.166 e. The molecule has 0 bridgehead atoms. The summed E-state index contributed by atoms with van der Waals surface area (Å²) in [6.45, 7) is 3.94. The van der Waals surface area contributed by atoms with E-state index in [1.165, 1.54) is 6.07 Å². The minimum atomic E-state index is -0.278. The molecule has 0 radical (unpaired) electrons. The smallest absolute Gasteiger partial charge is 0.166 e. The molecular formula is C15H19FO. The second-order valence-electron chi connectivity index (χ2n) is 5.29. The first-order chi connectivity index (χ1) is 8.08. The Morgan fingerprint density at radius 2 is 1.88 bits per heavy atom. The van der Waals surface area contributed by atoms with E-state index in [2.05, 4.69) is 6.92 Å². The van der Waals surface area contributed by atoms with Crippen LogP contribution < -0.4 is 0 Å². The van der Waals surface area contributed by atoms with Crippen molar-refractivity contribution in [3.63, 3.8) is 0 Å². The first-order valence-corrected chi connectivity index (χ1v) is 6.38. The Labute approximate surface area is 102 Å². The normalized spacial score (nSPS) is 24.6. The van der Waals surface area contributed by atoms with Crippen LogP contribution in [0.25, 0.3) is 0 Å². The highest BCUT2D eigenvalue weighted by Gasteiger charge is 2.25. The lowest BCUT2D eigenvalue weighted by molar-refractivity contribution is 0.0875. The molecule has 1 saturated carbocycles. The predicted octanol–water partition coefficient (Wildman–Crippen LogP) is 4.14. The molecule has 1 nitrogen and oxygen atoms in total. The fourth-order valence-electron chi connectivity index (χ4n) is 2.50. The third-order valence-corrected chi connectivity index (χ3v) is 3.84. The van der Waals surface area contributed by atoms with Crippen LogP contribution in [0.3, 0.4) is 0 Å². The average Bonchev–Trinajstić information content (AvgIpc) is 2.33. The Morgan fingerprint density at radius 1 is 1.24 bits per heavy atom. The van der Waals surface area contributed by atoms with Crippen molar-refractivity contribution in [2.75, 3.05) is 0 Å². The van der Waals surface area contributed by atoms with Crippen LogP contribution in [-0.2, 0) is 0 Å². The molecule has 2 heteroatoms. The molecule has 17 heavy (non-hydrogen) atoms. The van der Waals surface area contributed by atoms with Gasteiger partial charge in [0.05, 0.1) is 0 Å². The van der Waals surface area contributed by atoms with Crippen LogP contribution in [0.2, 0.25) is 0 Å². The summed E-state index contributed by atoms with van der Waals surface area (Å²) in [5.41, 5.74) is 1.13. The highest BCUT2D eigenvalue weighted by Crippen LogP contribution is 2.30. The number of halogens is 1. The van der Waals surface area contributed by atoms with E-state index in [1.54, 1.807) is 19.1 Å². The minimum absolute atomic E-state index is 0.105. The lowest BCUT2D eigenvalue weighted by atomic mass is 9.79. The molecule has 1 aromatic rings. The van der Waals surface area contributed by atoms with E-state index in [-0.39, 0.29) is 17.5 Å². The van der Waals surface area contributed by atoms with Gasteiger partial charge in [-0.2, -0.15) is 0 Å². The number of carbonyl (C=O) groups is 1. The van der Waals surface area contributed by atoms with Gasteiger partial charge in [-0.05, 0) is 37.3 Å². The molecule has 0 amide bonds. The highest BCUT2D eigenvalue weighted by molar-refractivity contribution is 5.97. The van der Waals surface area contributed by atoms with Crippen LogP contribution >= 0.6 is 0 Å². The molecule has 1 aliphatic rings. The fraction of sp³-hybridized carbons (Fsp3) is 0.533. The lowest BCUT2D eigenvalue weighted by Crippen LogP contribution is -2.21. The van der Waals surface area contributed by atoms with Gasteiger partial charge in [0.2, 0.25) is 0 Å². The number of hydrogen-bond acceptors (Lipinski definition) is 1. The summed E-state index contributed by atoms with van der Waals surface area (Å²) in [6, 6.07) is 4.82. The highest BCUT2D eigenvalue weighted by atomic mass is 19.1. The van der Waals surface area contributed by atoms with Crippen LogP contribution in [0.5, 0.6) is 0 Å². The molecule has 1 fully saturated rings. The molecule has 1 aromatic carbocycles. The maximum atomic E-state index is 13.4. The van der Waals surface area contributed by atoms with E-state index in [1.807, 2.05) is 0 Å². The van der Waals surface area contributed by atoms with E-state index in [4.69, 9.17) is 0 Å². The van der Waals surface area contributed by atoms with Crippen LogP contribution in [0.15, 0.2) is 18.2 Å². The standard InChI is InChI=1S/C15H19FO/c1-10-3-6-12(7-4-10)15(17)13-8-5-11(2)14(16)9-13/h5,8-10,12H,3-4,6-7H2,1-2H3. The van der Waals surface area contributed by atoms with E-state index in [0.29, 0.717) is 11.1 Å². The number of carbonyl (C=O) groups excluding carboxylic acids is 1. The van der Waals surface area contributed by atoms with Crippen LogP contribution in [0, 0.1) is 24.6 Å². The zero-order valence-electron chi connectivity index (χ0n) is 10.5. The summed E-state index contributed by atoms with van der Waals surface area (Å²) in [6.07, 6.45) is 4.14. The Kier molecular flexibility index (Phi) is 3.60. The van der Waals surface area contributed by atoms with E-state index < -0.39 is 0 Å². The Hall–Kier alpha value is -1.18. The van der Waals surface area contributed by atoms with Crippen molar-refractivity contribution in [2.24, 2.45) is 11.8 Å². The molecule has 0 aromatic heterocycles. The SMILES string of the molecule is Cc1ccc(C(=O)C2CCC(C)CC2)cc1F. The lowest BCUT2D eigenvalue weighted by Gasteiger charge is -2.25. The van der Waals surface area contributed by atoms with Crippen molar-refractivity contribution in [3.05, 3.63) is 35.1 Å². The molecule has 0 atom stereocenters. The summed E-state index contributed by atoms with van der Waals surface area (Å²) in [4.78, 5) is 12.2. The molecule has 92 valence electrons. The number of benzene rings is 1. The van der Waals surface area contributed by atoms with Crippen LogP contribution in [0.1, 0.15) is 48.5 Å². The largest absolute Gasteiger partial charge is 0.294 e. The van der Waals surface area contributed by atoms with Gasteiger partial charge in [0, 0.05) is 11.5 Å². The second-order valence-corrected chi connectivity index (χ2v) is 5.29. The van der Waals surface area contributed by atoms with Crippen LogP contribution in [-0.4, -0.2) is 5.78 Å². The minimum Gasteiger partial charge on any atom is -0.294 e. The molecule has 2 rings (SSSR count). The summed E-state index contributed by atoms with van der Waals surface area (Å²) in [7, 11) is 0. The van der Waals surface area contributed by atoms with Gasteiger partial charge in [0.15, 0.2) is 5.78 Å². The Balaban J connectivity index is 2.11. The number of hydrogen-bond donors (Lipinski definition) is 0. The van der Waals surface area contributed by atoms with Gasteiger partial charge in [0.1, 0.15) is 5.82 Å². The van der Waals surface area contributed by atoms with Gasteiger partial charge in [-0.1, -0.05) is 31.9 Å². The molecule has 0 unspecified atom stereocenters. The van der Waals surface area contributed by atoms with E-state index in [9.17, 15) is 9.18 Å². The first-order valence-electron chi connectivity index (χ1n) is 6.38. The average molecular weight is 234 g/mol. The number of aryl methyl sites for hydroxylation is 1. The quantitative estimate of drug-likeness (QED) is 0.703. The van der Waals surface area contributed by atoms with E-state index in [0.717, 1.165) is 31.6 Å². The van der Waals surface area contributed by atoms with Crippen LogP contribution in [0.4, 0.5) is 4.39 Å². The van der Waals surface area contributed by atoms with Gasteiger partial charge in [0.25, 0.3) is 0 Å². The van der Waals surface area contributed by atoms with Crippen molar-refractivity contribution in [1.29, 1.82) is 0 Å². The second kappa shape index (κ2) is 4.99. The summed E-state index contributed by atoms with van der Waals surface area (Å²) in [5, 5.41) is 0. The van der Waals surface area contributed by atoms with E-state index >= 15 is 0 Å². The van der Waals surface area contributed by atoms with Crippen molar-refractivity contribution in [1.82, 2.24) is 0 Å². The maximum absolute atomic E-state index is 13.4. The Morgan fingerprint density at radius 3 is 2.47 bits per heavy atom. The molecule has 0 spiro atoms. The summed E-state index contributed by atoms with van der Waals surface area (Å²) < 4.78 is 13.4. The first kappa shape index (κ1) is 12.3. The van der Waals surface area contributed by atoms with Gasteiger partial charge in [-0.25, -0.2) is 4.39 Å². The van der Waals surface area contributed by atoms with Gasteiger partial charge in [-0.3, -0.25) is 4.79 Å². The number of rotatable bonds is 2. The third kappa shape index (κ3) is 2.74. The van der Waals surface area contributed by atoms with Crippen molar-refractivity contribution >= 4 is 5.78 Å². The zero-order valence-corrected chi connectivity index (χ0v) is 10.5. The third-order valence-electron chi connectivity index (χ3n) is 3.84. The number of Topliss-reactive ketones (excluding diaryl/α,β-unsaturated/α-hetero) is 1. The molecule has 0 heterocycles. The van der Waals surface area contributed by atoms with Crippen molar-refractivity contribution in [2.45, 2.75) is 39.5 Å². The summed E-state index contributed by atoms with van der Waals surface area (Å²) >= 11 is 0. The topological polar surface area (TPSA) is 17.1 Å². The van der Waals surface area contributed by atoms with Gasteiger partial charge >= 0.3 is 0 Å². The fourth-order valence-corrected chi connectivity index (χ4v) is 2.50. The Bertz CT molecular complexity index is 417. The molecule has 1 aliphatic carbocycles. The molecule has 0 aliphatic heterocycles. The monoisotopic (exact) mass is 234 g/mol. The molecule has 0 saturated heterocycles. The zero-order chi connectivity index (χ0) is 12.4. The van der Waals surface area contributed by atoms with Crippen molar-refractivity contribution < 1.29 is 9.18 Å². The number of ketones is 1. The predicted molar refractivity (Wildman–Crippen MR) is 66.6 cm³/mol. The van der Waals surface area contributed by atoms with Gasteiger partial charge in [-0.15, -0.1) is 0 Å². The van der Waals surface area contributed by atoms with Gasteiger partial charge < -0.3 is 0 Å². The van der Waals surface area contributed by atoms with Crippen molar-refractivity contribution in [3.8, 4) is 0 Å².